The van der Waals surface area contributed by atoms with Crippen LogP contribution in [0.25, 0.3) is 10.9 Å². The summed E-state index contributed by atoms with van der Waals surface area (Å²) >= 11 is 0. The smallest absolute Gasteiger partial charge is 0.325 e. The minimum atomic E-state index is -0.885. The number of ether oxygens (including phenoxy) is 1. The van der Waals surface area contributed by atoms with E-state index in [1.54, 1.807) is 24.4 Å². The molecule has 1 amide bonds. The van der Waals surface area contributed by atoms with E-state index in [1.165, 1.54) is 0 Å². The Bertz CT molecular complexity index is 993. The van der Waals surface area contributed by atoms with Crippen LogP contribution in [0.15, 0.2) is 54.7 Å². The van der Waals surface area contributed by atoms with E-state index in [1.807, 2.05) is 35.2 Å². The highest BCUT2D eigenvalue weighted by Gasteiger charge is 2.30. The molecule has 0 unspecified atom stereocenters. The van der Waals surface area contributed by atoms with Crippen molar-refractivity contribution in [2.45, 2.75) is 6.04 Å². The lowest BCUT2D eigenvalue weighted by Crippen LogP contribution is -2.42. The Morgan fingerprint density at radius 3 is 2.57 bits per heavy atom. The number of nitrogens with one attached hydrogen (secondary N) is 2. The van der Waals surface area contributed by atoms with E-state index in [-0.39, 0.29) is 5.91 Å². The molecule has 1 aliphatic rings. The van der Waals surface area contributed by atoms with Crippen molar-refractivity contribution in [3.05, 3.63) is 65.9 Å². The number of carbonyl (C=O) groups excluding carboxylic acids is 1. The van der Waals surface area contributed by atoms with Crippen LogP contribution in [0.1, 0.15) is 22.0 Å². The van der Waals surface area contributed by atoms with E-state index in [0.29, 0.717) is 43.1 Å². The second-order valence-corrected chi connectivity index (χ2v) is 6.71. The molecule has 7 heteroatoms. The molecule has 3 aromatic rings. The summed E-state index contributed by atoms with van der Waals surface area (Å²) < 4.78 is 5.34. The molecule has 144 valence electrons. The van der Waals surface area contributed by atoms with Gasteiger partial charge in [0.15, 0.2) is 0 Å². The molecule has 2 aromatic carbocycles. The predicted molar refractivity (Wildman–Crippen MR) is 105 cm³/mol. The van der Waals surface area contributed by atoms with Crippen LogP contribution in [0.3, 0.4) is 0 Å². The number of aromatic nitrogens is 1. The lowest BCUT2D eigenvalue weighted by atomic mass is 10.0. The lowest BCUT2D eigenvalue weighted by Gasteiger charge is -2.31. The van der Waals surface area contributed by atoms with E-state index in [9.17, 15) is 14.7 Å². The first-order valence-corrected chi connectivity index (χ1v) is 9.15. The lowest BCUT2D eigenvalue weighted by molar-refractivity contribution is -0.145. The molecule has 0 radical (unpaired) electrons. The summed E-state index contributed by atoms with van der Waals surface area (Å²) in [6.07, 6.45) is 1.74. The van der Waals surface area contributed by atoms with Gasteiger partial charge in [0.25, 0.3) is 5.91 Å². The number of anilines is 1. The number of fused-ring (bicyclic) bond motifs is 1. The number of aliphatic carboxylic acids is 1. The standard InChI is InChI=1S/C21H21N3O4/c25-20(14-4-2-1-3-5-14)23-15-6-7-16-17(13-22-18(16)12-15)19(21(26)27)24-8-10-28-11-9-24/h1-7,12-13,19,22H,8-11H2,(H,23,25)(H,26,27)/t19-/m0/s1. The molecule has 7 nitrogen and oxygen atoms in total. The first-order valence-electron chi connectivity index (χ1n) is 9.15. The first kappa shape index (κ1) is 18.2. The maximum atomic E-state index is 12.3. The molecule has 2 heterocycles. The van der Waals surface area contributed by atoms with Gasteiger partial charge in [-0.05, 0) is 24.3 Å². The van der Waals surface area contributed by atoms with Crippen LogP contribution in [0.4, 0.5) is 5.69 Å². The SMILES string of the molecule is O=C(Nc1ccc2c([C@@H](C(=O)O)N3CCOCC3)c[nH]c2c1)c1ccccc1. The highest BCUT2D eigenvalue weighted by Crippen LogP contribution is 2.31. The summed E-state index contributed by atoms with van der Waals surface area (Å²) in [4.78, 5) is 29.4. The van der Waals surface area contributed by atoms with E-state index in [0.717, 1.165) is 10.9 Å². The second-order valence-electron chi connectivity index (χ2n) is 6.71. The number of amides is 1. The van der Waals surface area contributed by atoms with Crippen molar-refractivity contribution in [1.29, 1.82) is 0 Å². The Labute approximate surface area is 161 Å². The number of aromatic amines is 1. The Balaban J connectivity index is 1.60. The fraction of sp³-hybridized carbons (Fsp3) is 0.238. The van der Waals surface area contributed by atoms with E-state index in [4.69, 9.17) is 4.74 Å². The number of rotatable bonds is 5. The van der Waals surface area contributed by atoms with Gasteiger partial charge in [-0.3, -0.25) is 14.5 Å². The van der Waals surface area contributed by atoms with Gasteiger partial charge in [-0.25, -0.2) is 0 Å². The molecule has 3 N–H and O–H groups in total. The quantitative estimate of drug-likeness (QED) is 0.634. The van der Waals surface area contributed by atoms with Gasteiger partial charge in [0.05, 0.1) is 13.2 Å². The third-order valence-corrected chi connectivity index (χ3v) is 4.95. The van der Waals surface area contributed by atoms with Crippen molar-refractivity contribution in [2.75, 3.05) is 31.6 Å². The molecule has 1 aromatic heterocycles. The fourth-order valence-corrected chi connectivity index (χ4v) is 3.57. The molecule has 0 bridgehead atoms. The first-order chi connectivity index (χ1) is 13.6. The van der Waals surface area contributed by atoms with Crippen LogP contribution < -0.4 is 5.32 Å². The molecule has 0 saturated carbocycles. The molecule has 0 spiro atoms. The summed E-state index contributed by atoms with van der Waals surface area (Å²) in [6.45, 7) is 2.22. The summed E-state index contributed by atoms with van der Waals surface area (Å²) in [7, 11) is 0. The average Bonchev–Trinajstić information content (AvgIpc) is 3.12. The van der Waals surface area contributed by atoms with Crippen molar-refractivity contribution in [2.24, 2.45) is 0 Å². The number of carbonyl (C=O) groups is 2. The van der Waals surface area contributed by atoms with Crippen LogP contribution in [-0.4, -0.2) is 53.2 Å². The number of carboxylic acids is 1. The maximum Gasteiger partial charge on any atom is 0.325 e. The Morgan fingerprint density at radius 2 is 1.86 bits per heavy atom. The highest BCUT2D eigenvalue weighted by molar-refractivity contribution is 6.05. The van der Waals surface area contributed by atoms with Crippen molar-refractivity contribution >= 4 is 28.5 Å². The number of nitrogens with zero attached hydrogens (tertiary/aromatic N) is 1. The zero-order valence-electron chi connectivity index (χ0n) is 15.2. The van der Waals surface area contributed by atoms with Gasteiger partial charge in [-0.1, -0.05) is 24.3 Å². The number of hydrogen-bond acceptors (Lipinski definition) is 4. The minimum absolute atomic E-state index is 0.191. The molecule has 1 saturated heterocycles. The van der Waals surface area contributed by atoms with Crippen molar-refractivity contribution < 1.29 is 19.4 Å². The van der Waals surface area contributed by atoms with Gasteiger partial charge in [0, 0.05) is 47.0 Å². The van der Waals surface area contributed by atoms with E-state index >= 15 is 0 Å². The van der Waals surface area contributed by atoms with E-state index < -0.39 is 12.0 Å². The van der Waals surface area contributed by atoms with Crippen LogP contribution in [0.5, 0.6) is 0 Å². The Kier molecular flexibility index (Phi) is 5.10. The van der Waals surface area contributed by atoms with Crippen LogP contribution >= 0.6 is 0 Å². The third-order valence-electron chi connectivity index (χ3n) is 4.95. The van der Waals surface area contributed by atoms with Gasteiger partial charge in [-0.15, -0.1) is 0 Å². The van der Waals surface area contributed by atoms with Crippen LogP contribution in [0.2, 0.25) is 0 Å². The average molecular weight is 379 g/mol. The summed E-state index contributed by atoms with van der Waals surface area (Å²) in [6, 6.07) is 13.7. The van der Waals surface area contributed by atoms with Crippen LogP contribution in [-0.2, 0) is 9.53 Å². The number of carboxylic acid groups (broad SMARTS) is 1. The van der Waals surface area contributed by atoms with Crippen LogP contribution in [0, 0.1) is 0 Å². The third kappa shape index (κ3) is 3.62. The molecule has 28 heavy (non-hydrogen) atoms. The number of benzene rings is 2. The Morgan fingerprint density at radius 1 is 1.11 bits per heavy atom. The largest absolute Gasteiger partial charge is 0.480 e. The molecular formula is C21H21N3O4. The highest BCUT2D eigenvalue weighted by atomic mass is 16.5. The van der Waals surface area contributed by atoms with Gasteiger partial charge in [0.2, 0.25) is 0 Å². The van der Waals surface area contributed by atoms with Gasteiger partial charge >= 0.3 is 5.97 Å². The topological polar surface area (TPSA) is 94.7 Å². The summed E-state index contributed by atoms with van der Waals surface area (Å²) in [5.41, 5.74) is 2.71. The number of hydrogen-bond donors (Lipinski definition) is 3. The molecule has 1 fully saturated rings. The van der Waals surface area contributed by atoms with Crippen molar-refractivity contribution in [1.82, 2.24) is 9.88 Å². The zero-order chi connectivity index (χ0) is 19.5. The molecule has 1 aliphatic heterocycles. The number of morpholine rings is 1. The Hall–Kier alpha value is -3.16. The summed E-state index contributed by atoms with van der Waals surface area (Å²) in [5, 5.41) is 13.5. The molecule has 4 rings (SSSR count). The number of H-pyrrole nitrogens is 1. The second kappa shape index (κ2) is 7.84. The monoisotopic (exact) mass is 379 g/mol. The molecule has 1 atom stereocenters. The normalized spacial score (nSPS) is 16.0. The zero-order valence-corrected chi connectivity index (χ0v) is 15.2. The fourth-order valence-electron chi connectivity index (χ4n) is 3.57. The van der Waals surface area contributed by atoms with Gasteiger partial charge in [0.1, 0.15) is 6.04 Å². The van der Waals surface area contributed by atoms with Crippen molar-refractivity contribution in [3.63, 3.8) is 0 Å². The molecular weight excluding hydrogens is 358 g/mol. The van der Waals surface area contributed by atoms with Gasteiger partial charge < -0.3 is 20.1 Å². The predicted octanol–water partition coefficient (Wildman–Crippen LogP) is 2.88. The summed E-state index contributed by atoms with van der Waals surface area (Å²) in [5.74, 6) is -1.08. The van der Waals surface area contributed by atoms with Gasteiger partial charge in [-0.2, -0.15) is 0 Å². The maximum absolute atomic E-state index is 12.3. The minimum Gasteiger partial charge on any atom is -0.480 e. The van der Waals surface area contributed by atoms with E-state index in [2.05, 4.69) is 10.3 Å². The van der Waals surface area contributed by atoms with Crippen molar-refractivity contribution in [3.8, 4) is 0 Å². The molecule has 0 aliphatic carbocycles.